The summed E-state index contributed by atoms with van der Waals surface area (Å²) in [5, 5.41) is 1.23. The molecule has 0 aliphatic carbocycles. The zero-order chi connectivity index (χ0) is 20.1. The molecule has 0 atom stereocenters. The van der Waals surface area contributed by atoms with E-state index < -0.39 is 11.8 Å². The Morgan fingerprint density at radius 3 is 2.54 bits per heavy atom. The molecule has 0 saturated carbocycles. The number of benzene rings is 2. The molecule has 1 aliphatic rings. The molecule has 1 aliphatic heterocycles. The van der Waals surface area contributed by atoms with Crippen LogP contribution in [0.15, 0.2) is 65.2 Å². The molecule has 0 bridgehead atoms. The van der Waals surface area contributed by atoms with Gasteiger partial charge < -0.3 is 9.47 Å². The standard InChI is InChI=1S/C21H19BrN2O4/c1-3-10-28-19-13-17(22)14(12-18(19)27-4-2)11-16-20(25)23-24(21(16)26)15-8-6-5-7-9-15/h3,5-9,11-13H,1,4,10H2,2H3,(H,23,25). The third-order valence-electron chi connectivity index (χ3n) is 3.93. The summed E-state index contributed by atoms with van der Waals surface area (Å²) in [5.41, 5.74) is 3.83. The number of halogens is 1. The van der Waals surface area contributed by atoms with Gasteiger partial charge in [-0.3, -0.25) is 15.0 Å². The highest BCUT2D eigenvalue weighted by molar-refractivity contribution is 9.10. The van der Waals surface area contributed by atoms with Crippen LogP contribution in [0, 0.1) is 0 Å². The molecule has 2 aromatic carbocycles. The molecular weight excluding hydrogens is 424 g/mol. The van der Waals surface area contributed by atoms with Gasteiger partial charge in [0, 0.05) is 4.47 Å². The van der Waals surface area contributed by atoms with E-state index in [1.165, 1.54) is 11.1 Å². The van der Waals surface area contributed by atoms with E-state index in [0.717, 1.165) is 0 Å². The quantitative estimate of drug-likeness (QED) is 0.401. The van der Waals surface area contributed by atoms with Gasteiger partial charge in [-0.1, -0.05) is 46.8 Å². The normalized spacial score (nSPS) is 14.9. The number of carbonyl (C=O) groups excluding carboxylic acids is 2. The van der Waals surface area contributed by atoms with Crippen LogP contribution in [0.25, 0.3) is 6.08 Å². The molecule has 3 rings (SSSR count). The molecule has 2 amide bonds. The van der Waals surface area contributed by atoms with Gasteiger partial charge in [0.1, 0.15) is 12.2 Å². The van der Waals surface area contributed by atoms with Crippen LogP contribution in [0.1, 0.15) is 12.5 Å². The van der Waals surface area contributed by atoms with E-state index in [-0.39, 0.29) is 5.57 Å². The van der Waals surface area contributed by atoms with Crippen molar-refractivity contribution in [1.82, 2.24) is 5.43 Å². The lowest BCUT2D eigenvalue weighted by molar-refractivity contribution is -0.117. The lowest BCUT2D eigenvalue weighted by atomic mass is 10.1. The monoisotopic (exact) mass is 442 g/mol. The van der Waals surface area contributed by atoms with Crippen molar-refractivity contribution in [3.05, 3.63) is 70.7 Å². The third kappa shape index (κ3) is 4.09. The smallest absolute Gasteiger partial charge is 0.282 e. The van der Waals surface area contributed by atoms with Crippen molar-refractivity contribution in [2.45, 2.75) is 6.92 Å². The highest BCUT2D eigenvalue weighted by Crippen LogP contribution is 2.35. The third-order valence-corrected chi connectivity index (χ3v) is 4.61. The SMILES string of the molecule is C=CCOc1cc(Br)c(C=C2C(=O)NN(c3ccccc3)C2=O)cc1OCC. The maximum absolute atomic E-state index is 12.7. The number of hydrogen-bond acceptors (Lipinski definition) is 4. The van der Waals surface area contributed by atoms with Crippen molar-refractivity contribution in [2.24, 2.45) is 0 Å². The lowest BCUT2D eigenvalue weighted by Crippen LogP contribution is -2.35. The summed E-state index contributed by atoms with van der Waals surface area (Å²) in [6.07, 6.45) is 3.17. The van der Waals surface area contributed by atoms with Crippen molar-refractivity contribution < 1.29 is 19.1 Å². The summed E-state index contributed by atoms with van der Waals surface area (Å²) in [7, 11) is 0. The number of rotatable bonds is 7. The van der Waals surface area contributed by atoms with Crippen LogP contribution in [0.5, 0.6) is 11.5 Å². The van der Waals surface area contributed by atoms with Crippen LogP contribution >= 0.6 is 15.9 Å². The van der Waals surface area contributed by atoms with E-state index in [9.17, 15) is 9.59 Å². The topological polar surface area (TPSA) is 67.9 Å². The molecule has 0 radical (unpaired) electrons. The van der Waals surface area contributed by atoms with Gasteiger partial charge in [-0.2, -0.15) is 0 Å². The van der Waals surface area contributed by atoms with Crippen molar-refractivity contribution in [3.8, 4) is 11.5 Å². The minimum absolute atomic E-state index is 0.0340. The second-order valence-electron chi connectivity index (χ2n) is 5.83. The molecule has 0 unspecified atom stereocenters. The number of ether oxygens (including phenoxy) is 2. The van der Waals surface area contributed by atoms with Gasteiger partial charge in [0.2, 0.25) is 0 Å². The van der Waals surface area contributed by atoms with Crippen molar-refractivity contribution in [2.75, 3.05) is 18.2 Å². The van der Waals surface area contributed by atoms with Crippen molar-refractivity contribution >= 4 is 39.5 Å². The number of hydrogen-bond donors (Lipinski definition) is 1. The molecule has 1 N–H and O–H groups in total. The molecule has 1 heterocycles. The zero-order valence-corrected chi connectivity index (χ0v) is 16.9. The largest absolute Gasteiger partial charge is 0.490 e. The Morgan fingerprint density at radius 2 is 1.86 bits per heavy atom. The molecule has 2 aromatic rings. The average Bonchev–Trinajstić information content (AvgIpc) is 2.98. The van der Waals surface area contributed by atoms with Crippen LogP contribution in [-0.2, 0) is 9.59 Å². The minimum Gasteiger partial charge on any atom is -0.490 e. The van der Waals surface area contributed by atoms with E-state index in [1.54, 1.807) is 42.5 Å². The summed E-state index contributed by atoms with van der Waals surface area (Å²) < 4.78 is 11.9. The fraction of sp³-hybridized carbons (Fsp3) is 0.143. The molecule has 1 saturated heterocycles. The first-order chi connectivity index (χ1) is 13.5. The minimum atomic E-state index is -0.467. The number of anilines is 1. The van der Waals surface area contributed by atoms with Crippen LogP contribution < -0.4 is 19.9 Å². The highest BCUT2D eigenvalue weighted by Gasteiger charge is 2.34. The van der Waals surface area contributed by atoms with Crippen molar-refractivity contribution in [3.63, 3.8) is 0 Å². The van der Waals surface area contributed by atoms with Gasteiger partial charge in [0.25, 0.3) is 11.8 Å². The summed E-state index contributed by atoms with van der Waals surface area (Å²) >= 11 is 3.47. The maximum Gasteiger partial charge on any atom is 0.282 e. The number of amides is 2. The Morgan fingerprint density at radius 1 is 1.14 bits per heavy atom. The molecule has 0 spiro atoms. The Hall–Kier alpha value is -3.06. The van der Waals surface area contributed by atoms with Crippen LogP contribution in [0.2, 0.25) is 0 Å². The molecule has 6 nitrogen and oxygen atoms in total. The Bertz CT molecular complexity index is 941. The van der Waals surface area contributed by atoms with Crippen molar-refractivity contribution in [1.29, 1.82) is 0 Å². The van der Waals surface area contributed by atoms with Crippen LogP contribution in [0.4, 0.5) is 5.69 Å². The zero-order valence-electron chi connectivity index (χ0n) is 15.3. The van der Waals surface area contributed by atoms with E-state index >= 15 is 0 Å². The second-order valence-corrected chi connectivity index (χ2v) is 6.68. The van der Waals surface area contributed by atoms with Gasteiger partial charge in [0.05, 0.1) is 12.3 Å². The maximum atomic E-state index is 12.7. The second kappa shape index (κ2) is 8.75. The Kier molecular flexibility index (Phi) is 6.16. The first-order valence-corrected chi connectivity index (χ1v) is 9.46. The summed E-state index contributed by atoms with van der Waals surface area (Å²) in [5.74, 6) is 0.174. The average molecular weight is 443 g/mol. The number of hydrazine groups is 1. The summed E-state index contributed by atoms with van der Waals surface area (Å²) in [6.45, 7) is 6.28. The van der Waals surface area contributed by atoms with Crippen LogP contribution in [-0.4, -0.2) is 25.0 Å². The fourth-order valence-electron chi connectivity index (χ4n) is 2.66. The first kappa shape index (κ1) is 19.7. The lowest BCUT2D eigenvalue weighted by Gasteiger charge is -2.14. The van der Waals surface area contributed by atoms with Gasteiger partial charge in [0.15, 0.2) is 11.5 Å². The molecule has 144 valence electrons. The predicted molar refractivity (Wildman–Crippen MR) is 111 cm³/mol. The van der Waals surface area contributed by atoms with E-state index in [2.05, 4.69) is 27.9 Å². The summed E-state index contributed by atoms with van der Waals surface area (Å²) in [4.78, 5) is 25.1. The number of nitrogens with zero attached hydrogens (tertiary/aromatic N) is 1. The van der Waals surface area contributed by atoms with Gasteiger partial charge in [-0.25, -0.2) is 5.01 Å². The van der Waals surface area contributed by atoms with E-state index in [0.29, 0.717) is 40.4 Å². The molecule has 1 fully saturated rings. The molecule has 7 heteroatoms. The molecular formula is C21H19BrN2O4. The Balaban J connectivity index is 1.96. The first-order valence-electron chi connectivity index (χ1n) is 8.67. The Labute approximate surface area is 171 Å². The van der Waals surface area contributed by atoms with E-state index in [1.807, 2.05) is 13.0 Å². The number of carbonyl (C=O) groups is 2. The highest BCUT2D eigenvalue weighted by atomic mass is 79.9. The number of nitrogens with one attached hydrogen (secondary N) is 1. The van der Waals surface area contributed by atoms with E-state index in [4.69, 9.17) is 9.47 Å². The van der Waals surface area contributed by atoms with Crippen LogP contribution in [0.3, 0.4) is 0 Å². The summed E-state index contributed by atoms with van der Waals surface area (Å²) in [6, 6.07) is 12.4. The molecule has 28 heavy (non-hydrogen) atoms. The van der Waals surface area contributed by atoms with Gasteiger partial charge in [-0.05, 0) is 42.8 Å². The predicted octanol–water partition coefficient (Wildman–Crippen LogP) is 3.87. The van der Waals surface area contributed by atoms with Gasteiger partial charge >= 0.3 is 0 Å². The fourth-order valence-corrected chi connectivity index (χ4v) is 3.10. The van der Waals surface area contributed by atoms with Gasteiger partial charge in [-0.15, -0.1) is 0 Å². The number of para-hydroxylation sites is 1. The molecule has 0 aromatic heterocycles.